The maximum atomic E-state index is 10.9. The zero-order valence-electron chi connectivity index (χ0n) is 5.85. The number of aromatic amines is 1. The number of nitrogens with one attached hydrogen (secondary N) is 1. The van der Waals surface area contributed by atoms with E-state index in [4.69, 9.17) is 0 Å². The van der Waals surface area contributed by atoms with Crippen molar-refractivity contribution in [3.63, 3.8) is 0 Å². The molecule has 0 radical (unpaired) electrons. The smallest absolute Gasteiger partial charge is 0.372 e. The lowest BCUT2D eigenvalue weighted by molar-refractivity contribution is 0.441. The van der Waals surface area contributed by atoms with Crippen LogP contribution in [-0.2, 0) is 12.8 Å². The highest BCUT2D eigenvalue weighted by Gasteiger charge is 2.16. The van der Waals surface area contributed by atoms with E-state index in [1.807, 2.05) is 0 Å². The van der Waals surface area contributed by atoms with Crippen LogP contribution in [0.15, 0.2) is 14.0 Å². The van der Waals surface area contributed by atoms with Gasteiger partial charge in [-0.3, -0.25) is 4.98 Å². The third-order valence-electron chi connectivity index (χ3n) is 1.90. The highest BCUT2D eigenvalue weighted by Crippen LogP contribution is 2.13. The van der Waals surface area contributed by atoms with Gasteiger partial charge < -0.3 is 4.42 Å². The van der Waals surface area contributed by atoms with Crippen molar-refractivity contribution in [1.29, 1.82) is 0 Å². The van der Waals surface area contributed by atoms with Crippen LogP contribution >= 0.6 is 0 Å². The Hall–Kier alpha value is -1.32. The molecule has 1 aromatic rings. The van der Waals surface area contributed by atoms with Crippen molar-refractivity contribution in [1.82, 2.24) is 4.98 Å². The van der Waals surface area contributed by atoms with Crippen LogP contribution in [0.2, 0.25) is 0 Å². The molecule has 0 fully saturated rings. The summed E-state index contributed by atoms with van der Waals surface area (Å²) >= 11 is 0. The van der Waals surface area contributed by atoms with Gasteiger partial charge in [0, 0.05) is 5.69 Å². The van der Waals surface area contributed by atoms with Gasteiger partial charge in [0.05, 0.1) is 5.56 Å². The topological polar surface area (TPSA) is 63.1 Å². The molecule has 58 valence electrons. The molecular weight excluding hydrogens is 146 g/mol. The molecule has 0 bridgehead atoms. The maximum Gasteiger partial charge on any atom is 0.419 e. The summed E-state index contributed by atoms with van der Waals surface area (Å²) in [4.78, 5) is 24.1. The third kappa shape index (κ3) is 0.906. The first-order chi connectivity index (χ1) is 5.27. The van der Waals surface area contributed by atoms with E-state index in [0.717, 1.165) is 25.0 Å². The molecule has 0 unspecified atom stereocenters. The molecule has 0 aliphatic heterocycles. The summed E-state index contributed by atoms with van der Waals surface area (Å²) in [7, 11) is 0. The molecule has 4 nitrogen and oxygen atoms in total. The van der Waals surface area contributed by atoms with Crippen molar-refractivity contribution >= 4 is 0 Å². The minimum absolute atomic E-state index is 0.471. The fourth-order valence-corrected chi connectivity index (χ4v) is 1.40. The van der Waals surface area contributed by atoms with E-state index in [0.29, 0.717) is 5.56 Å². The Morgan fingerprint density at radius 1 is 1.27 bits per heavy atom. The highest BCUT2D eigenvalue weighted by molar-refractivity contribution is 5.19. The lowest BCUT2D eigenvalue weighted by atomic mass is 10.3. The van der Waals surface area contributed by atoms with Gasteiger partial charge in [-0.05, 0) is 19.3 Å². The predicted octanol–water partition coefficient (Wildman–Crippen LogP) is -0.183. The van der Waals surface area contributed by atoms with Gasteiger partial charge in [0.2, 0.25) is 0 Å². The molecule has 1 heterocycles. The van der Waals surface area contributed by atoms with Gasteiger partial charge in [0.15, 0.2) is 0 Å². The van der Waals surface area contributed by atoms with Crippen molar-refractivity contribution in [2.45, 2.75) is 19.3 Å². The molecule has 1 aliphatic carbocycles. The van der Waals surface area contributed by atoms with E-state index in [-0.39, 0.29) is 0 Å². The van der Waals surface area contributed by atoms with E-state index in [9.17, 15) is 9.59 Å². The van der Waals surface area contributed by atoms with E-state index in [1.165, 1.54) is 0 Å². The van der Waals surface area contributed by atoms with Crippen LogP contribution in [0.5, 0.6) is 0 Å². The molecule has 1 N–H and O–H groups in total. The summed E-state index contributed by atoms with van der Waals surface area (Å²) < 4.78 is 4.35. The molecule has 0 atom stereocenters. The number of aromatic nitrogens is 1. The fourth-order valence-electron chi connectivity index (χ4n) is 1.40. The Bertz CT molecular complexity index is 387. The Morgan fingerprint density at radius 2 is 2.09 bits per heavy atom. The molecule has 0 saturated heterocycles. The Kier molecular flexibility index (Phi) is 1.21. The molecule has 0 saturated carbocycles. The zero-order valence-corrected chi connectivity index (χ0v) is 5.85. The lowest BCUT2D eigenvalue weighted by Crippen LogP contribution is -2.18. The summed E-state index contributed by atoms with van der Waals surface area (Å²) in [5.74, 6) is -0.643. The largest absolute Gasteiger partial charge is 0.419 e. The molecule has 0 amide bonds. The summed E-state index contributed by atoms with van der Waals surface area (Å²) in [6, 6.07) is 0. The molecular formula is C7H7NO3. The standard InChI is InChI=1S/C7H7NO3/c9-6-4-2-1-3-5(4)8-7(10)11-6/h1-3H2,(H,8,10). The van der Waals surface area contributed by atoms with Crippen LogP contribution in [0.25, 0.3) is 0 Å². The summed E-state index contributed by atoms with van der Waals surface area (Å²) in [6.07, 6.45) is 2.45. The quantitative estimate of drug-likeness (QED) is 0.562. The van der Waals surface area contributed by atoms with Crippen LogP contribution in [0.4, 0.5) is 0 Å². The first kappa shape index (κ1) is 6.39. The van der Waals surface area contributed by atoms with Gasteiger partial charge in [-0.2, -0.15) is 0 Å². The first-order valence-electron chi connectivity index (χ1n) is 3.52. The van der Waals surface area contributed by atoms with Crippen LogP contribution in [0.1, 0.15) is 17.7 Å². The number of rotatable bonds is 0. The molecule has 4 heteroatoms. The zero-order chi connectivity index (χ0) is 7.84. The average molecular weight is 153 g/mol. The summed E-state index contributed by atoms with van der Waals surface area (Å²) in [5.41, 5.74) is 0.928. The second-order valence-electron chi connectivity index (χ2n) is 2.61. The molecule has 1 aromatic heterocycles. The Balaban J connectivity index is 2.80. The molecule has 0 aromatic carbocycles. The lowest BCUT2D eigenvalue weighted by Gasteiger charge is -1.91. The van der Waals surface area contributed by atoms with Gasteiger partial charge in [0.1, 0.15) is 0 Å². The van der Waals surface area contributed by atoms with Gasteiger partial charge >= 0.3 is 11.4 Å². The summed E-state index contributed by atoms with van der Waals surface area (Å²) in [6.45, 7) is 0. The van der Waals surface area contributed by atoms with E-state index < -0.39 is 11.4 Å². The van der Waals surface area contributed by atoms with Crippen LogP contribution < -0.4 is 11.4 Å². The maximum absolute atomic E-state index is 10.9. The second kappa shape index (κ2) is 2.08. The van der Waals surface area contributed by atoms with E-state index >= 15 is 0 Å². The van der Waals surface area contributed by atoms with Gasteiger partial charge in [-0.15, -0.1) is 0 Å². The average Bonchev–Trinajstić information content (AvgIpc) is 2.34. The molecule has 0 spiro atoms. The fraction of sp³-hybridized carbons (Fsp3) is 0.429. The third-order valence-corrected chi connectivity index (χ3v) is 1.90. The number of H-pyrrole nitrogens is 1. The van der Waals surface area contributed by atoms with Crippen molar-refractivity contribution in [3.05, 3.63) is 32.2 Å². The SMILES string of the molecule is O=c1[nH]c2c(c(=O)o1)CCC2. The minimum Gasteiger partial charge on any atom is -0.372 e. The Labute approximate surface area is 61.9 Å². The first-order valence-corrected chi connectivity index (χ1v) is 3.52. The summed E-state index contributed by atoms with van der Waals surface area (Å²) in [5, 5.41) is 0. The number of hydrogen-bond acceptors (Lipinski definition) is 3. The van der Waals surface area contributed by atoms with Crippen molar-refractivity contribution in [2.24, 2.45) is 0 Å². The number of aryl methyl sites for hydroxylation is 1. The number of hydrogen-bond donors (Lipinski definition) is 1. The van der Waals surface area contributed by atoms with Crippen molar-refractivity contribution in [3.8, 4) is 0 Å². The Morgan fingerprint density at radius 3 is 2.91 bits per heavy atom. The van der Waals surface area contributed by atoms with Gasteiger partial charge in [0.25, 0.3) is 0 Å². The van der Waals surface area contributed by atoms with Crippen LogP contribution in [-0.4, -0.2) is 4.98 Å². The van der Waals surface area contributed by atoms with E-state index in [2.05, 4.69) is 9.40 Å². The van der Waals surface area contributed by atoms with Crippen LogP contribution in [0, 0.1) is 0 Å². The molecule has 2 rings (SSSR count). The second-order valence-corrected chi connectivity index (χ2v) is 2.61. The molecule has 1 aliphatic rings. The van der Waals surface area contributed by atoms with E-state index in [1.54, 1.807) is 0 Å². The van der Waals surface area contributed by atoms with Gasteiger partial charge in [-0.1, -0.05) is 0 Å². The monoisotopic (exact) mass is 153 g/mol. The molecule has 11 heavy (non-hydrogen) atoms. The minimum atomic E-state index is -0.643. The number of fused-ring (bicyclic) bond motifs is 1. The van der Waals surface area contributed by atoms with Crippen molar-refractivity contribution in [2.75, 3.05) is 0 Å². The van der Waals surface area contributed by atoms with Gasteiger partial charge in [-0.25, -0.2) is 9.59 Å². The normalized spacial score (nSPS) is 14.9. The van der Waals surface area contributed by atoms with Crippen molar-refractivity contribution < 1.29 is 4.42 Å². The van der Waals surface area contributed by atoms with Crippen LogP contribution in [0.3, 0.4) is 0 Å². The predicted molar refractivity (Wildman–Crippen MR) is 37.6 cm³/mol. The highest BCUT2D eigenvalue weighted by atomic mass is 16.4.